The molecule has 2 spiro atoms. The van der Waals surface area contributed by atoms with E-state index in [4.69, 9.17) is 9.47 Å². The number of halogens is 6. The van der Waals surface area contributed by atoms with Gasteiger partial charge < -0.3 is 17.8 Å². The molecular weight excluding hydrogens is 811 g/mol. The van der Waals surface area contributed by atoms with Gasteiger partial charge >= 0.3 is 31.3 Å². The maximum atomic E-state index is 12.9. The van der Waals surface area contributed by atoms with Crippen LogP contribution in [0.2, 0.25) is 0 Å². The van der Waals surface area contributed by atoms with E-state index >= 15 is 0 Å². The van der Waals surface area contributed by atoms with E-state index in [9.17, 15) is 43.2 Å². The Morgan fingerprint density at radius 3 is 1.29 bits per heavy atom. The Morgan fingerprint density at radius 2 is 0.948 bits per heavy atom. The molecule has 8 aliphatic carbocycles. The van der Waals surface area contributed by atoms with Crippen LogP contribution in [0, 0.1) is 69.0 Å². The molecule has 16 atom stereocenters. The van der Waals surface area contributed by atoms with E-state index in [0.29, 0.717) is 61.2 Å². The molecule has 2 aliphatic heterocycles. The molecule has 0 aromatic heterocycles. The molecule has 6 saturated carbocycles. The number of epoxide rings is 2. The third kappa shape index (κ3) is 5.62. The number of ether oxygens (including phenoxy) is 2. The van der Waals surface area contributed by atoms with E-state index in [1.54, 1.807) is 12.2 Å². The zero-order valence-corrected chi connectivity index (χ0v) is 35.8. The first-order valence-corrected chi connectivity index (χ1v) is 24.3. The van der Waals surface area contributed by atoms with Crippen LogP contribution >= 0.6 is 0 Å². The molecule has 2 saturated heterocycles. The number of alkyl halides is 6. The predicted octanol–water partition coefficient (Wildman–Crippen LogP) is 10.3. The van der Waals surface area contributed by atoms with Crippen molar-refractivity contribution in [1.82, 2.24) is 0 Å². The third-order valence-electron chi connectivity index (χ3n) is 18.6. The van der Waals surface area contributed by atoms with Crippen molar-refractivity contribution in [3.05, 3.63) is 23.7 Å². The van der Waals surface area contributed by atoms with Gasteiger partial charge in [0.05, 0.1) is 12.2 Å². The summed E-state index contributed by atoms with van der Waals surface area (Å²) in [5.41, 5.74) is -11.9. The summed E-state index contributed by atoms with van der Waals surface area (Å²) >= 11 is 0. The first-order chi connectivity index (χ1) is 26.7. The van der Waals surface area contributed by atoms with Crippen molar-refractivity contribution < 1.29 is 61.0 Å². The number of hydrogen-bond acceptors (Lipinski definition) is 8. The van der Waals surface area contributed by atoms with Crippen LogP contribution < -0.4 is 0 Å². The molecule has 0 radical (unpaired) electrons. The molecule has 2 unspecified atom stereocenters. The van der Waals surface area contributed by atoms with E-state index in [-0.39, 0.29) is 57.6 Å². The van der Waals surface area contributed by atoms with Crippen LogP contribution in [0.3, 0.4) is 0 Å². The topological polar surface area (TPSA) is 112 Å². The van der Waals surface area contributed by atoms with Gasteiger partial charge in [0.25, 0.3) is 0 Å². The Kier molecular flexibility index (Phi) is 9.06. The molecule has 16 heteroatoms. The van der Waals surface area contributed by atoms with Crippen LogP contribution in [-0.2, 0) is 38.1 Å². The van der Waals surface area contributed by atoms with Gasteiger partial charge in [-0.25, -0.2) is 0 Å². The highest BCUT2D eigenvalue weighted by atomic mass is 32.2. The SMILES string of the molecule is C[C@H]1CC[C@]2(C)[C@H]3CC[C@]4(C)C(OS(=O)(=O)C(F)(F)F)=CC[C@H]4[C@@H]3CC3O[C@@]32C1.C[C@H]1CC[C@]2(C)[C@H]3CC[C@]4(C)C(OS(=O)(=O)C(F)(F)F)=CC[C@H]4[C@@H]3CC3O[C@]32C1. The van der Waals surface area contributed by atoms with Gasteiger partial charge in [0.2, 0.25) is 0 Å². The highest BCUT2D eigenvalue weighted by Crippen LogP contribution is 2.75. The summed E-state index contributed by atoms with van der Waals surface area (Å²) in [4.78, 5) is 0. The molecule has 0 bridgehead atoms. The number of allylic oxidation sites excluding steroid dienone is 4. The van der Waals surface area contributed by atoms with Crippen LogP contribution in [-0.4, -0.2) is 51.3 Å². The summed E-state index contributed by atoms with van der Waals surface area (Å²) in [6.45, 7) is 13.1. The molecule has 0 aromatic rings. The van der Waals surface area contributed by atoms with E-state index < -0.39 is 42.1 Å². The molecule has 58 heavy (non-hydrogen) atoms. The fraction of sp³-hybridized carbons (Fsp3) is 0.905. The third-order valence-corrected chi connectivity index (χ3v) is 20.6. The van der Waals surface area contributed by atoms with Gasteiger partial charge in [-0.3, -0.25) is 0 Å². The van der Waals surface area contributed by atoms with Crippen molar-refractivity contribution in [2.45, 2.75) is 166 Å². The van der Waals surface area contributed by atoms with Gasteiger partial charge in [0.15, 0.2) is 0 Å². The Labute approximate surface area is 338 Å². The largest absolute Gasteiger partial charge is 0.534 e. The van der Waals surface area contributed by atoms with Gasteiger partial charge in [-0.15, -0.1) is 0 Å². The lowest BCUT2D eigenvalue weighted by molar-refractivity contribution is -0.0967. The lowest BCUT2D eigenvalue weighted by atomic mass is 9.44. The second kappa shape index (κ2) is 12.6. The average molecular weight is 869 g/mol. The molecule has 328 valence electrons. The van der Waals surface area contributed by atoms with Crippen LogP contribution in [0.1, 0.15) is 131 Å². The summed E-state index contributed by atoms with van der Waals surface area (Å²) in [5.74, 6) is 3.15. The Bertz CT molecular complexity index is 1880. The standard InChI is InChI=1S/2C21H29F3O4S/c2*1-12-6-9-19(3)15-7-8-18(2)14(13(15)10-17-20(19,11-12)27-17)4-5-16(18)28-29(25,26)21(22,23)24/h2*5,12-15,17H,4,6-11H2,1-3H3/t12-,13-,14-,15-,17?,18-,19+,20+;12-,13-,14-,15-,17?,18-,19+,20-/m00/s1. The van der Waals surface area contributed by atoms with Gasteiger partial charge in [-0.05, 0) is 149 Å². The first kappa shape index (κ1) is 41.8. The molecule has 8 fully saturated rings. The van der Waals surface area contributed by atoms with Crippen LogP contribution in [0.15, 0.2) is 23.7 Å². The van der Waals surface area contributed by atoms with Crippen LogP contribution in [0.25, 0.3) is 0 Å². The highest BCUT2D eigenvalue weighted by molar-refractivity contribution is 7.88. The average Bonchev–Trinajstić information content (AvgIpc) is 3.93. The van der Waals surface area contributed by atoms with Gasteiger partial charge in [0.1, 0.15) is 22.7 Å². The summed E-state index contributed by atoms with van der Waals surface area (Å²) in [6.07, 6.45) is 16.6. The maximum absolute atomic E-state index is 12.9. The van der Waals surface area contributed by atoms with Crippen molar-refractivity contribution in [3.63, 3.8) is 0 Å². The second-order valence-electron chi connectivity index (χ2n) is 21.2. The molecule has 10 aliphatic rings. The summed E-state index contributed by atoms with van der Waals surface area (Å²) < 4.78 is 146. The lowest BCUT2D eigenvalue weighted by Gasteiger charge is -2.58. The summed E-state index contributed by atoms with van der Waals surface area (Å²) in [7, 11) is -11.3. The molecule has 0 N–H and O–H groups in total. The fourth-order valence-corrected chi connectivity index (χ4v) is 16.6. The molecule has 0 amide bonds. The highest BCUT2D eigenvalue weighted by Gasteiger charge is 2.77. The molecule has 8 nitrogen and oxygen atoms in total. The van der Waals surface area contributed by atoms with E-state index in [1.807, 2.05) is 13.8 Å². The van der Waals surface area contributed by atoms with E-state index in [2.05, 4.69) is 36.1 Å². The minimum Gasteiger partial charge on any atom is -0.380 e. The van der Waals surface area contributed by atoms with Crippen molar-refractivity contribution >= 4 is 20.2 Å². The smallest absolute Gasteiger partial charge is 0.380 e. The van der Waals surface area contributed by atoms with Gasteiger partial charge in [0, 0.05) is 21.7 Å². The minimum absolute atomic E-state index is 0.00533. The molecular formula is C42H58F6O8S2. The zero-order chi connectivity index (χ0) is 42.1. The van der Waals surface area contributed by atoms with E-state index in [0.717, 1.165) is 51.4 Å². The minimum atomic E-state index is -5.63. The summed E-state index contributed by atoms with van der Waals surface area (Å²) in [6, 6.07) is 0. The number of fused-ring (bicyclic) bond motifs is 8. The van der Waals surface area contributed by atoms with Crippen molar-refractivity contribution in [2.24, 2.45) is 69.0 Å². The molecule has 2 heterocycles. The molecule has 0 aromatic carbocycles. The first-order valence-electron chi connectivity index (χ1n) is 21.5. The molecule has 10 rings (SSSR count). The van der Waals surface area contributed by atoms with Crippen molar-refractivity contribution in [2.75, 3.05) is 0 Å². The van der Waals surface area contributed by atoms with Crippen molar-refractivity contribution in [3.8, 4) is 0 Å². The van der Waals surface area contributed by atoms with Crippen LogP contribution in [0.4, 0.5) is 26.3 Å². The quantitative estimate of drug-likeness (QED) is 0.119. The lowest BCUT2D eigenvalue weighted by Crippen LogP contribution is -2.57. The number of rotatable bonds is 4. The Morgan fingerprint density at radius 1 is 0.586 bits per heavy atom. The fourth-order valence-electron chi connectivity index (χ4n) is 15.5. The summed E-state index contributed by atoms with van der Waals surface area (Å²) in [5, 5.41) is 0. The van der Waals surface area contributed by atoms with Crippen LogP contribution in [0.5, 0.6) is 0 Å². The van der Waals surface area contributed by atoms with Gasteiger partial charge in [-0.1, -0.05) is 41.5 Å². The normalized spacial score (nSPS) is 51.2. The van der Waals surface area contributed by atoms with E-state index in [1.165, 1.54) is 12.8 Å². The maximum Gasteiger partial charge on any atom is 0.534 e. The Hall–Kier alpha value is -1.52. The van der Waals surface area contributed by atoms with Crippen molar-refractivity contribution in [1.29, 1.82) is 0 Å². The Balaban J connectivity index is 0.000000150. The second-order valence-corrected chi connectivity index (χ2v) is 24.3. The number of hydrogen-bond donors (Lipinski definition) is 0. The van der Waals surface area contributed by atoms with Gasteiger partial charge in [-0.2, -0.15) is 43.2 Å². The zero-order valence-electron chi connectivity index (χ0n) is 34.2. The monoisotopic (exact) mass is 868 g/mol. The predicted molar refractivity (Wildman–Crippen MR) is 200 cm³/mol.